The molecule has 2 aliphatic rings. The molecule has 6 nitrogen and oxygen atoms in total. The summed E-state index contributed by atoms with van der Waals surface area (Å²) < 4.78 is 46.0. The Balaban J connectivity index is 1.48. The van der Waals surface area contributed by atoms with E-state index in [1.165, 1.54) is 37.9 Å². The predicted molar refractivity (Wildman–Crippen MR) is 134 cm³/mol. The van der Waals surface area contributed by atoms with Gasteiger partial charge < -0.3 is 9.84 Å². The van der Waals surface area contributed by atoms with Gasteiger partial charge in [0.25, 0.3) is 5.91 Å². The summed E-state index contributed by atoms with van der Waals surface area (Å²) in [4.78, 5) is 24.8. The van der Waals surface area contributed by atoms with Gasteiger partial charge in [0.05, 0.1) is 22.4 Å². The van der Waals surface area contributed by atoms with Gasteiger partial charge in [0.15, 0.2) is 5.60 Å². The summed E-state index contributed by atoms with van der Waals surface area (Å²) in [7, 11) is 0. The largest absolute Gasteiger partial charge is 0.478 e. The lowest BCUT2D eigenvalue weighted by Crippen LogP contribution is -2.37. The second-order valence-corrected chi connectivity index (χ2v) is 10.4. The number of hydrazone groups is 1. The van der Waals surface area contributed by atoms with Gasteiger partial charge in [-0.05, 0) is 88.3 Å². The number of ether oxygens (including phenoxy) is 1. The third-order valence-corrected chi connectivity index (χ3v) is 7.29. The van der Waals surface area contributed by atoms with Gasteiger partial charge in [-0.1, -0.05) is 31.0 Å². The van der Waals surface area contributed by atoms with Crippen molar-refractivity contribution in [2.45, 2.75) is 77.5 Å². The number of carbonyl (C=O) groups is 2. The van der Waals surface area contributed by atoms with Crippen molar-refractivity contribution in [2.24, 2.45) is 10.5 Å². The third kappa shape index (κ3) is 5.36. The minimum absolute atomic E-state index is 0.102. The molecule has 1 aliphatic heterocycles. The average Bonchev–Trinajstić information content (AvgIpc) is 3.42. The van der Waals surface area contributed by atoms with Gasteiger partial charge >= 0.3 is 12.1 Å². The number of rotatable bonds is 8. The van der Waals surface area contributed by atoms with Gasteiger partial charge in [0.2, 0.25) is 0 Å². The highest BCUT2D eigenvalue weighted by Crippen LogP contribution is 2.47. The van der Waals surface area contributed by atoms with Crippen LogP contribution in [-0.4, -0.2) is 28.3 Å². The molecule has 1 fully saturated rings. The fraction of sp³-hybridized carbons (Fsp3) is 0.464. The monoisotopic (exact) mass is 516 g/mol. The quantitative estimate of drug-likeness (QED) is 0.432. The van der Waals surface area contributed by atoms with Gasteiger partial charge in [-0.2, -0.15) is 23.3 Å². The van der Waals surface area contributed by atoms with E-state index in [-0.39, 0.29) is 17.2 Å². The Morgan fingerprint density at radius 2 is 1.73 bits per heavy atom. The van der Waals surface area contributed by atoms with E-state index >= 15 is 0 Å². The number of carboxylic acid groups (broad SMARTS) is 1. The van der Waals surface area contributed by atoms with Gasteiger partial charge in [-0.3, -0.25) is 4.79 Å². The summed E-state index contributed by atoms with van der Waals surface area (Å²) in [5, 5.41) is 15.0. The van der Waals surface area contributed by atoms with Crippen molar-refractivity contribution in [3.63, 3.8) is 0 Å². The van der Waals surface area contributed by atoms with Gasteiger partial charge in [-0.15, -0.1) is 0 Å². The van der Waals surface area contributed by atoms with Gasteiger partial charge in [0, 0.05) is 0 Å². The van der Waals surface area contributed by atoms with E-state index in [1.54, 1.807) is 12.1 Å². The Kier molecular flexibility index (Phi) is 7.10. The Labute approximate surface area is 214 Å². The van der Waals surface area contributed by atoms with Crippen LogP contribution >= 0.6 is 0 Å². The number of alkyl halides is 3. The molecule has 198 valence electrons. The van der Waals surface area contributed by atoms with Crippen LogP contribution in [0.25, 0.3) is 0 Å². The molecule has 0 atom stereocenters. The summed E-state index contributed by atoms with van der Waals surface area (Å²) >= 11 is 0. The number of carboxylic acids is 1. The first-order valence-electron chi connectivity index (χ1n) is 12.5. The highest BCUT2D eigenvalue weighted by atomic mass is 19.4. The highest BCUT2D eigenvalue weighted by molar-refractivity contribution is 6.19. The van der Waals surface area contributed by atoms with Crippen molar-refractivity contribution in [2.75, 3.05) is 5.01 Å². The van der Waals surface area contributed by atoms with Crippen molar-refractivity contribution in [3.8, 4) is 5.75 Å². The van der Waals surface area contributed by atoms with Crippen LogP contribution in [0.1, 0.15) is 69.1 Å². The Morgan fingerprint density at radius 1 is 1.08 bits per heavy atom. The lowest BCUT2D eigenvalue weighted by molar-refractivity contribution is -0.152. The number of carbonyl (C=O) groups excluding carboxylic acids is 1. The number of anilines is 1. The van der Waals surface area contributed by atoms with E-state index in [4.69, 9.17) is 4.74 Å². The van der Waals surface area contributed by atoms with Gasteiger partial charge in [0.1, 0.15) is 5.75 Å². The number of halogens is 3. The molecule has 1 N–H and O–H groups in total. The lowest BCUT2D eigenvalue weighted by atomic mass is 9.78. The molecule has 1 aliphatic carbocycles. The van der Waals surface area contributed by atoms with Crippen LogP contribution in [0.15, 0.2) is 47.6 Å². The van der Waals surface area contributed by atoms with E-state index < -0.39 is 28.7 Å². The summed E-state index contributed by atoms with van der Waals surface area (Å²) in [6, 6.07) is 11.1. The van der Waals surface area contributed by atoms with Crippen molar-refractivity contribution in [3.05, 3.63) is 59.2 Å². The first-order chi connectivity index (χ1) is 17.3. The highest BCUT2D eigenvalue weighted by Gasteiger charge is 2.52. The molecule has 0 saturated heterocycles. The normalized spacial score (nSPS) is 17.4. The smallest absolute Gasteiger partial charge is 0.416 e. The summed E-state index contributed by atoms with van der Waals surface area (Å²) in [6.45, 7) is 4.36. The van der Waals surface area contributed by atoms with Gasteiger partial charge in [-0.25, -0.2) is 4.79 Å². The van der Waals surface area contributed by atoms with Crippen molar-refractivity contribution in [1.82, 2.24) is 0 Å². The standard InChI is InChI=1S/C28H31F3N2O4/c1-18-9-12-20(17-22(18)28(29,30)31)33-24(34)27(15-4-5-16-27)23(32-33)8-6-7-19-10-13-21(14-11-19)37-26(2,3)25(35)36/h9-14,17H,4-8,15-16H2,1-3H3,(H,35,36). The molecule has 1 spiro atoms. The van der Waals surface area contributed by atoms with E-state index in [0.29, 0.717) is 37.9 Å². The van der Waals surface area contributed by atoms with Crippen molar-refractivity contribution >= 4 is 23.3 Å². The molecule has 9 heteroatoms. The third-order valence-electron chi connectivity index (χ3n) is 7.29. The van der Waals surface area contributed by atoms with Crippen LogP contribution in [0.3, 0.4) is 0 Å². The maximum Gasteiger partial charge on any atom is 0.416 e. The summed E-state index contributed by atoms with van der Waals surface area (Å²) in [5.41, 5.74) is -0.822. The number of hydrogen-bond acceptors (Lipinski definition) is 4. The number of amides is 1. The van der Waals surface area contributed by atoms with Crippen molar-refractivity contribution < 1.29 is 32.6 Å². The zero-order chi connectivity index (χ0) is 27.0. The first kappa shape index (κ1) is 26.7. The minimum atomic E-state index is -4.51. The Bertz CT molecular complexity index is 1210. The molecular weight excluding hydrogens is 485 g/mol. The molecule has 2 aromatic carbocycles. The van der Waals surface area contributed by atoms with Crippen LogP contribution in [0, 0.1) is 12.3 Å². The number of hydrogen-bond donors (Lipinski definition) is 1. The zero-order valence-corrected chi connectivity index (χ0v) is 21.2. The maximum absolute atomic E-state index is 13.5. The van der Waals surface area contributed by atoms with Crippen LogP contribution in [-0.2, 0) is 22.2 Å². The molecule has 0 radical (unpaired) electrons. The van der Waals surface area contributed by atoms with E-state index in [0.717, 1.165) is 30.2 Å². The van der Waals surface area contributed by atoms with Crippen LogP contribution < -0.4 is 9.75 Å². The fourth-order valence-electron chi connectivity index (χ4n) is 5.10. The number of benzene rings is 2. The average molecular weight is 517 g/mol. The molecule has 4 rings (SSSR count). The predicted octanol–water partition coefficient (Wildman–Crippen LogP) is 6.54. The molecule has 0 unspecified atom stereocenters. The van der Waals surface area contributed by atoms with E-state index in [1.807, 2.05) is 12.1 Å². The first-order valence-corrected chi connectivity index (χ1v) is 12.5. The topological polar surface area (TPSA) is 79.2 Å². The minimum Gasteiger partial charge on any atom is -0.478 e. The molecule has 2 aromatic rings. The molecule has 0 aromatic heterocycles. The van der Waals surface area contributed by atoms with Crippen LogP contribution in [0.5, 0.6) is 5.75 Å². The van der Waals surface area contributed by atoms with Crippen LogP contribution in [0.4, 0.5) is 18.9 Å². The second-order valence-electron chi connectivity index (χ2n) is 10.4. The molecular formula is C28H31F3N2O4. The summed E-state index contributed by atoms with van der Waals surface area (Å²) in [6.07, 6.45) is 0.547. The lowest BCUT2D eigenvalue weighted by Gasteiger charge is -2.24. The van der Waals surface area contributed by atoms with E-state index in [9.17, 15) is 27.9 Å². The fourth-order valence-corrected chi connectivity index (χ4v) is 5.10. The van der Waals surface area contributed by atoms with Crippen LogP contribution in [0.2, 0.25) is 0 Å². The summed E-state index contributed by atoms with van der Waals surface area (Å²) in [5.74, 6) is -0.836. The maximum atomic E-state index is 13.5. The molecule has 37 heavy (non-hydrogen) atoms. The number of aliphatic carboxylic acids is 1. The number of aryl methyl sites for hydroxylation is 2. The Hall–Kier alpha value is -3.36. The molecule has 1 saturated carbocycles. The molecule has 0 bridgehead atoms. The second kappa shape index (κ2) is 9.84. The molecule has 1 heterocycles. The van der Waals surface area contributed by atoms with Crippen molar-refractivity contribution in [1.29, 1.82) is 0 Å². The zero-order valence-electron chi connectivity index (χ0n) is 21.2. The molecule has 1 amide bonds. The number of nitrogens with zero attached hydrogens (tertiary/aromatic N) is 2. The SMILES string of the molecule is Cc1ccc(N2N=C(CCCc3ccc(OC(C)(C)C(=O)O)cc3)C3(CCCC3)C2=O)cc1C(F)(F)F. The Morgan fingerprint density at radius 3 is 2.32 bits per heavy atom. The van der Waals surface area contributed by atoms with E-state index in [2.05, 4.69) is 5.10 Å².